The van der Waals surface area contributed by atoms with Crippen LogP contribution in [0.3, 0.4) is 0 Å². The van der Waals surface area contributed by atoms with Crippen molar-refractivity contribution in [2.45, 2.75) is 0 Å². The van der Waals surface area contributed by atoms with E-state index in [0.717, 1.165) is 16.3 Å². The number of ether oxygens (including phenoxy) is 1. The van der Waals surface area contributed by atoms with Crippen molar-refractivity contribution in [2.24, 2.45) is 0 Å². The summed E-state index contributed by atoms with van der Waals surface area (Å²) in [5.41, 5.74) is 0.263. The number of hydrogen-bond acceptors (Lipinski definition) is 2. The van der Waals surface area contributed by atoms with Crippen LogP contribution in [0, 0.1) is 11.6 Å². The number of halogens is 3. The first kappa shape index (κ1) is 13.8. The Morgan fingerprint density at radius 2 is 1.95 bits per heavy atom. The zero-order valence-corrected chi connectivity index (χ0v) is 11.6. The van der Waals surface area contributed by atoms with Gasteiger partial charge in [-0.2, -0.15) is 0 Å². The summed E-state index contributed by atoms with van der Waals surface area (Å²) < 4.78 is 32.4. The van der Waals surface area contributed by atoms with E-state index in [0.29, 0.717) is 13.2 Å². The largest absolute Gasteiger partial charge is 0.492 e. The zero-order chi connectivity index (χ0) is 13.7. The first-order valence-corrected chi connectivity index (χ1v) is 6.52. The molecule has 0 bridgehead atoms. The van der Waals surface area contributed by atoms with E-state index >= 15 is 0 Å². The highest BCUT2D eigenvalue weighted by Gasteiger charge is 2.02. The molecule has 0 heterocycles. The van der Waals surface area contributed by atoms with E-state index in [1.54, 1.807) is 0 Å². The molecule has 5 heteroatoms. The fraction of sp³-hybridized carbons (Fsp3) is 0.143. The molecule has 1 N–H and O–H groups in total. The van der Waals surface area contributed by atoms with Gasteiger partial charge in [0.05, 0.1) is 5.69 Å². The van der Waals surface area contributed by atoms with E-state index in [1.165, 1.54) is 12.1 Å². The smallest absolute Gasteiger partial charge is 0.149 e. The predicted molar refractivity (Wildman–Crippen MR) is 74.5 cm³/mol. The van der Waals surface area contributed by atoms with Crippen LogP contribution in [0.4, 0.5) is 14.5 Å². The molecule has 0 spiro atoms. The van der Waals surface area contributed by atoms with Crippen molar-refractivity contribution in [3.8, 4) is 5.75 Å². The fourth-order valence-corrected chi connectivity index (χ4v) is 1.92. The highest BCUT2D eigenvalue weighted by molar-refractivity contribution is 9.10. The summed E-state index contributed by atoms with van der Waals surface area (Å²) >= 11 is 3.34. The second kappa shape index (κ2) is 6.52. The Bertz CT molecular complexity index is 563. The minimum Gasteiger partial charge on any atom is -0.492 e. The average molecular weight is 328 g/mol. The molecule has 100 valence electrons. The molecule has 0 radical (unpaired) electrons. The Kier molecular flexibility index (Phi) is 4.74. The molecule has 0 aliphatic carbocycles. The molecule has 0 aliphatic rings. The van der Waals surface area contributed by atoms with Gasteiger partial charge in [-0.15, -0.1) is 0 Å². The second-order valence-electron chi connectivity index (χ2n) is 3.86. The minimum absolute atomic E-state index is 0.263. The molecule has 0 aliphatic heterocycles. The highest BCUT2D eigenvalue weighted by Crippen LogP contribution is 2.18. The van der Waals surface area contributed by atoms with Gasteiger partial charge >= 0.3 is 0 Å². The van der Waals surface area contributed by atoms with E-state index in [2.05, 4.69) is 21.2 Å². The Morgan fingerprint density at radius 1 is 1.11 bits per heavy atom. The summed E-state index contributed by atoms with van der Waals surface area (Å²) in [7, 11) is 0. The number of rotatable bonds is 5. The molecule has 2 aromatic carbocycles. The van der Waals surface area contributed by atoms with Gasteiger partial charge in [-0.25, -0.2) is 8.78 Å². The van der Waals surface area contributed by atoms with Crippen LogP contribution >= 0.6 is 15.9 Å². The maximum absolute atomic E-state index is 13.3. The molecule has 0 amide bonds. The number of anilines is 1. The van der Waals surface area contributed by atoms with Crippen molar-refractivity contribution < 1.29 is 13.5 Å². The third-order valence-electron chi connectivity index (χ3n) is 2.41. The van der Waals surface area contributed by atoms with Gasteiger partial charge in [0, 0.05) is 17.1 Å². The number of hydrogen-bond donors (Lipinski definition) is 1. The van der Waals surface area contributed by atoms with Crippen molar-refractivity contribution in [1.29, 1.82) is 0 Å². The fourth-order valence-electron chi connectivity index (χ4n) is 1.54. The third kappa shape index (κ3) is 4.21. The average Bonchev–Trinajstić information content (AvgIpc) is 2.37. The number of benzene rings is 2. The van der Waals surface area contributed by atoms with Gasteiger partial charge in [-0.05, 0) is 30.3 Å². The molecule has 19 heavy (non-hydrogen) atoms. The Morgan fingerprint density at radius 3 is 2.68 bits per heavy atom. The summed E-state index contributed by atoms with van der Waals surface area (Å²) in [4.78, 5) is 0. The lowest BCUT2D eigenvalue weighted by molar-refractivity contribution is 0.332. The topological polar surface area (TPSA) is 21.3 Å². The van der Waals surface area contributed by atoms with E-state index < -0.39 is 11.6 Å². The van der Waals surface area contributed by atoms with Gasteiger partial charge in [0.15, 0.2) is 0 Å². The van der Waals surface area contributed by atoms with Crippen LogP contribution < -0.4 is 10.1 Å². The molecule has 0 unspecified atom stereocenters. The van der Waals surface area contributed by atoms with Gasteiger partial charge < -0.3 is 10.1 Å². The normalized spacial score (nSPS) is 10.3. The van der Waals surface area contributed by atoms with Crippen molar-refractivity contribution in [2.75, 3.05) is 18.5 Å². The van der Waals surface area contributed by atoms with E-state index in [1.807, 2.05) is 24.3 Å². The molecule has 0 aromatic heterocycles. The lowest BCUT2D eigenvalue weighted by Crippen LogP contribution is -2.12. The Balaban J connectivity index is 1.81. The molecule has 2 aromatic rings. The molecule has 2 rings (SSSR count). The molecular formula is C14H12BrF2NO. The van der Waals surface area contributed by atoms with Gasteiger partial charge in [0.25, 0.3) is 0 Å². The standard InChI is InChI=1S/C14H12BrF2NO/c15-10-2-1-3-12(8-10)19-7-6-18-14-5-4-11(16)9-13(14)17/h1-5,8-9,18H,6-7H2. The summed E-state index contributed by atoms with van der Waals surface area (Å²) in [6.07, 6.45) is 0. The molecule has 0 atom stereocenters. The van der Waals surface area contributed by atoms with Crippen molar-refractivity contribution >= 4 is 21.6 Å². The molecular weight excluding hydrogens is 316 g/mol. The van der Waals surface area contributed by atoms with Crippen LogP contribution in [0.1, 0.15) is 0 Å². The van der Waals surface area contributed by atoms with Crippen molar-refractivity contribution in [3.05, 3.63) is 58.6 Å². The zero-order valence-electron chi connectivity index (χ0n) is 10.00. The maximum atomic E-state index is 13.3. The van der Waals surface area contributed by atoms with E-state index in [-0.39, 0.29) is 5.69 Å². The lowest BCUT2D eigenvalue weighted by atomic mass is 10.3. The Hall–Kier alpha value is -1.62. The van der Waals surface area contributed by atoms with Crippen LogP contribution in [-0.2, 0) is 0 Å². The van der Waals surface area contributed by atoms with Crippen LogP contribution in [0.25, 0.3) is 0 Å². The van der Waals surface area contributed by atoms with Crippen molar-refractivity contribution in [3.63, 3.8) is 0 Å². The summed E-state index contributed by atoms with van der Waals surface area (Å²) in [6, 6.07) is 10.9. The summed E-state index contributed by atoms with van der Waals surface area (Å²) in [6.45, 7) is 0.808. The van der Waals surface area contributed by atoms with E-state index in [9.17, 15) is 8.78 Å². The Labute approximate surface area is 118 Å². The molecule has 0 saturated carbocycles. The first-order valence-electron chi connectivity index (χ1n) is 5.72. The molecule has 0 fully saturated rings. The first-order chi connectivity index (χ1) is 9.15. The van der Waals surface area contributed by atoms with Crippen molar-refractivity contribution in [1.82, 2.24) is 0 Å². The maximum Gasteiger partial charge on any atom is 0.149 e. The predicted octanol–water partition coefficient (Wildman–Crippen LogP) is 4.22. The monoisotopic (exact) mass is 327 g/mol. The van der Waals surface area contributed by atoms with Gasteiger partial charge in [0.1, 0.15) is 24.0 Å². The van der Waals surface area contributed by atoms with Gasteiger partial charge in [-0.3, -0.25) is 0 Å². The molecule has 2 nitrogen and oxygen atoms in total. The van der Waals surface area contributed by atoms with Crippen LogP contribution in [-0.4, -0.2) is 13.2 Å². The summed E-state index contributed by atoms with van der Waals surface area (Å²) in [5, 5.41) is 2.85. The molecule has 0 saturated heterocycles. The van der Waals surface area contributed by atoms with Crippen LogP contribution in [0.5, 0.6) is 5.75 Å². The quantitative estimate of drug-likeness (QED) is 0.830. The van der Waals surface area contributed by atoms with Crippen LogP contribution in [0.15, 0.2) is 46.9 Å². The van der Waals surface area contributed by atoms with Gasteiger partial charge in [0.2, 0.25) is 0 Å². The highest BCUT2D eigenvalue weighted by atomic mass is 79.9. The van der Waals surface area contributed by atoms with Gasteiger partial charge in [-0.1, -0.05) is 22.0 Å². The van der Waals surface area contributed by atoms with Crippen LogP contribution in [0.2, 0.25) is 0 Å². The summed E-state index contributed by atoms with van der Waals surface area (Å²) in [5.74, 6) is -0.466. The SMILES string of the molecule is Fc1ccc(NCCOc2cccc(Br)c2)c(F)c1. The lowest BCUT2D eigenvalue weighted by Gasteiger charge is -2.09. The second-order valence-corrected chi connectivity index (χ2v) is 4.77. The third-order valence-corrected chi connectivity index (χ3v) is 2.91. The minimum atomic E-state index is -0.609. The number of nitrogens with one attached hydrogen (secondary N) is 1. The van der Waals surface area contributed by atoms with E-state index in [4.69, 9.17) is 4.74 Å².